The monoisotopic (exact) mass is 431 g/mol. The first-order valence-corrected chi connectivity index (χ1v) is 11.9. The summed E-state index contributed by atoms with van der Waals surface area (Å²) in [4.78, 5) is 12.7. The number of carbonyl (C=O) groups excluding carboxylic acids is 1. The van der Waals surface area contributed by atoms with Crippen molar-refractivity contribution in [3.05, 3.63) is 59.7 Å². The number of anilines is 1. The number of benzene rings is 2. The van der Waals surface area contributed by atoms with E-state index in [1.165, 1.54) is 29.8 Å². The zero-order valence-electron chi connectivity index (χ0n) is 18.3. The number of nitrogens with one attached hydrogen (secondary N) is 2. The molecular weight excluding hydrogens is 398 g/mol. The zero-order valence-corrected chi connectivity index (χ0v) is 19.2. The minimum absolute atomic E-state index is 0.00684. The van der Waals surface area contributed by atoms with Crippen molar-refractivity contribution < 1.29 is 13.2 Å². The van der Waals surface area contributed by atoms with E-state index in [1.807, 2.05) is 6.92 Å². The number of amides is 1. The Morgan fingerprint density at radius 3 is 1.93 bits per heavy atom. The highest BCUT2D eigenvalue weighted by atomic mass is 32.2. The Morgan fingerprint density at radius 1 is 0.933 bits per heavy atom. The summed E-state index contributed by atoms with van der Waals surface area (Å²) < 4.78 is 22.7. The maximum absolute atomic E-state index is 12.6. The van der Waals surface area contributed by atoms with Crippen molar-refractivity contribution in [1.82, 2.24) is 5.32 Å². The predicted molar refractivity (Wildman–Crippen MR) is 122 cm³/mol. The van der Waals surface area contributed by atoms with Crippen molar-refractivity contribution in [3.8, 4) is 0 Å². The summed E-state index contributed by atoms with van der Waals surface area (Å²) in [7, 11) is -3.76. The lowest BCUT2D eigenvalue weighted by Gasteiger charge is -2.27. The van der Waals surface area contributed by atoms with Crippen LogP contribution in [0, 0.1) is 5.92 Å². The molecule has 0 radical (unpaired) electrons. The highest BCUT2D eigenvalue weighted by Crippen LogP contribution is 2.26. The molecule has 0 bridgehead atoms. The molecule has 0 aromatic heterocycles. The second-order valence-corrected chi connectivity index (χ2v) is 9.71. The zero-order chi connectivity index (χ0) is 22.5. The summed E-state index contributed by atoms with van der Waals surface area (Å²) in [5, 5.41) is 11.3. The van der Waals surface area contributed by atoms with E-state index < -0.39 is 16.1 Å². The molecule has 0 heterocycles. The molecule has 7 heteroatoms. The lowest BCUT2D eigenvalue weighted by atomic mass is 9.91. The average molecular weight is 432 g/mol. The first-order chi connectivity index (χ1) is 14.0. The number of hydrogen-bond acceptors (Lipinski definition) is 4. The van der Waals surface area contributed by atoms with Gasteiger partial charge in [0, 0.05) is 11.7 Å². The molecule has 30 heavy (non-hydrogen) atoms. The second kappa shape index (κ2) is 10.2. The summed E-state index contributed by atoms with van der Waals surface area (Å²) in [6.07, 6.45) is 1.10. The van der Waals surface area contributed by atoms with E-state index in [2.05, 4.69) is 62.6 Å². The maximum atomic E-state index is 12.6. The van der Waals surface area contributed by atoms with E-state index in [1.54, 1.807) is 0 Å². The molecule has 0 spiro atoms. The van der Waals surface area contributed by atoms with Gasteiger partial charge in [0.25, 0.3) is 0 Å². The summed E-state index contributed by atoms with van der Waals surface area (Å²) >= 11 is 0. The van der Waals surface area contributed by atoms with Crippen LogP contribution in [0.3, 0.4) is 0 Å². The third kappa shape index (κ3) is 6.39. The van der Waals surface area contributed by atoms with Crippen molar-refractivity contribution in [1.29, 1.82) is 0 Å². The average Bonchev–Trinajstić information content (AvgIpc) is 2.70. The number of primary sulfonamides is 1. The van der Waals surface area contributed by atoms with Crippen LogP contribution in [0.15, 0.2) is 53.4 Å². The van der Waals surface area contributed by atoms with Gasteiger partial charge in [0.2, 0.25) is 15.9 Å². The minimum Gasteiger partial charge on any atom is -0.325 e. The van der Waals surface area contributed by atoms with Gasteiger partial charge < -0.3 is 5.32 Å². The normalized spacial score (nSPS) is 14.9. The first kappa shape index (κ1) is 24.1. The van der Waals surface area contributed by atoms with Gasteiger partial charge in [0.05, 0.1) is 10.9 Å². The fourth-order valence-corrected chi connectivity index (χ4v) is 3.78. The Bertz CT molecular complexity index is 939. The largest absolute Gasteiger partial charge is 0.325 e. The van der Waals surface area contributed by atoms with Crippen LogP contribution in [-0.2, 0) is 14.8 Å². The van der Waals surface area contributed by atoms with E-state index >= 15 is 0 Å². The van der Waals surface area contributed by atoms with Gasteiger partial charge in [-0.2, -0.15) is 0 Å². The highest BCUT2D eigenvalue weighted by Gasteiger charge is 2.22. The van der Waals surface area contributed by atoms with Crippen LogP contribution in [0.4, 0.5) is 5.69 Å². The fraction of sp³-hybridized carbons (Fsp3) is 0.435. The number of hydrogen-bond donors (Lipinski definition) is 3. The lowest BCUT2D eigenvalue weighted by Crippen LogP contribution is -2.41. The highest BCUT2D eigenvalue weighted by molar-refractivity contribution is 7.89. The van der Waals surface area contributed by atoms with Gasteiger partial charge in [-0.1, -0.05) is 52.0 Å². The molecule has 3 atom stereocenters. The summed E-state index contributed by atoms with van der Waals surface area (Å²) in [6.45, 7) is 10.5. The van der Waals surface area contributed by atoms with Crippen LogP contribution in [0.2, 0.25) is 0 Å². The molecule has 2 aromatic rings. The van der Waals surface area contributed by atoms with Crippen LogP contribution in [0.25, 0.3) is 0 Å². The standard InChI is InChI=1S/C23H33N3O3S/c1-6-16(4)18-7-9-19(10-8-18)22(15(2)3)25-17(5)23(27)26-20-11-13-21(14-12-20)30(24,28)29/h7-17,22,25H,6H2,1-5H3,(H,26,27)(H2,24,28,29)/t16-,17-,22-/m0/s1. The Kier molecular flexibility index (Phi) is 8.18. The molecule has 0 unspecified atom stereocenters. The molecule has 0 aliphatic heterocycles. The molecule has 0 aliphatic rings. The Hall–Kier alpha value is -2.22. The Labute approximate surface area is 180 Å². The smallest absolute Gasteiger partial charge is 0.241 e. The van der Waals surface area contributed by atoms with Gasteiger partial charge in [0.15, 0.2) is 0 Å². The van der Waals surface area contributed by atoms with Gasteiger partial charge in [-0.3, -0.25) is 10.1 Å². The van der Waals surface area contributed by atoms with Gasteiger partial charge in [-0.15, -0.1) is 0 Å². The van der Waals surface area contributed by atoms with Crippen LogP contribution in [0.5, 0.6) is 0 Å². The summed E-state index contributed by atoms with van der Waals surface area (Å²) in [5.74, 6) is 0.624. The van der Waals surface area contributed by atoms with Gasteiger partial charge >= 0.3 is 0 Å². The van der Waals surface area contributed by atoms with Crippen molar-refractivity contribution in [2.24, 2.45) is 11.1 Å². The van der Waals surface area contributed by atoms with E-state index in [-0.39, 0.29) is 16.8 Å². The fourth-order valence-electron chi connectivity index (χ4n) is 3.26. The van der Waals surface area contributed by atoms with Gasteiger partial charge in [-0.05, 0) is 60.6 Å². The van der Waals surface area contributed by atoms with E-state index in [9.17, 15) is 13.2 Å². The second-order valence-electron chi connectivity index (χ2n) is 8.14. The first-order valence-electron chi connectivity index (χ1n) is 10.3. The molecule has 1 amide bonds. The molecule has 4 N–H and O–H groups in total. The van der Waals surface area contributed by atoms with E-state index in [4.69, 9.17) is 5.14 Å². The Balaban J connectivity index is 2.07. The number of rotatable bonds is 9. The minimum atomic E-state index is -3.76. The van der Waals surface area contributed by atoms with Crippen LogP contribution in [-0.4, -0.2) is 20.4 Å². The predicted octanol–water partition coefficient (Wildman–Crippen LogP) is 4.16. The van der Waals surface area contributed by atoms with Gasteiger partial charge in [-0.25, -0.2) is 13.6 Å². The molecule has 2 rings (SSSR count). The topological polar surface area (TPSA) is 101 Å². The van der Waals surface area contributed by atoms with Crippen molar-refractivity contribution in [2.45, 2.75) is 63.9 Å². The van der Waals surface area contributed by atoms with Crippen molar-refractivity contribution >= 4 is 21.6 Å². The summed E-state index contributed by atoms with van der Waals surface area (Å²) in [5.41, 5.74) is 2.98. The van der Waals surface area contributed by atoms with Crippen LogP contribution < -0.4 is 15.8 Å². The number of nitrogens with two attached hydrogens (primary N) is 1. The Morgan fingerprint density at radius 2 is 1.47 bits per heavy atom. The number of carbonyl (C=O) groups is 1. The summed E-state index contributed by atoms with van der Waals surface area (Å²) in [6, 6.07) is 14.0. The molecule has 164 valence electrons. The molecule has 0 saturated heterocycles. The SMILES string of the molecule is CC[C@H](C)c1ccc([C@@H](N[C@@H](C)C(=O)Nc2ccc(S(N)(=O)=O)cc2)C(C)C)cc1. The molecular formula is C23H33N3O3S. The number of sulfonamides is 1. The van der Waals surface area contributed by atoms with Gasteiger partial charge in [0.1, 0.15) is 0 Å². The van der Waals surface area contributed by atoms with Crippen molar-refractivity contribution in [2.75, 3.05) is 5.32 Å². The molecule has 2 aromatic carbocycles. The quantitative estimate of drug-likeness (QED) is 0.555. The maximum Gasteiger partial charge on any atom is 0.241 e. The van der Waals surface area contributed by atoms with Crippen LogP contribution in [0.1, 0.15) is 64.1 Å². The van der Waals surface area contributed by atoms with Crippen molar-refractivity contribution in [3.63, 3.8) is 0 Å². The molecule has 0 saturated carbocycles. The third-order valence-corrected chi connectivity index (χ3v) is 6.35. The molecule has 6 nitrogen and oxygen atoms in total. The molecule has 0 aliphatic carbocycles. The van der Waals surface area contributed by atoms with E-state index in [0.717, 1.165) is 12.0 Å². The lowest BCUT2D eigenvalue weighted by molar-refractivity contribution is -0.118. The van der Waals surface area contributed by atoms with Crippen LogP contribution >= 0.6 is 0 Å². The molecule has 0 fully saturated rings. The van der Waals surface area contributed by atoms with E-state index in [0.29, 0.717) is 17.5 Å². The third-order valence-electron chi connectivity index (χ3n) is 5.42.